The van der Waals surface area contributed by atoms with Crippen molar-refractivity contribution in [2.45, 2.75) is 0 Å². The first kappa shape index (κ1) is 14.1. The molecule has 0 N–H and O–H groups in total. The van der Waals surface area contributed by atoms with Gasteiger partial charge in [0.05, 0.1) is 0 Å². The number of hydrogen-bond acceptors (Lipinski definition) is 6. The predicted molar refractivity (Wildman–Crippen MR) is 41.1 cm³/mol. The van der Waals surface area contributed by atoms with Crippen molar-refractivity contribution in [2.75, 3.05) is 20.0 Å². The molecule has 1 saturated heterocycles. The number of hydrazine groups is 3. The van der Waals surface area contributed by atoms with Crippen LogP contribution < -0.4 is 0 Å². The zero-order valence-corrected chi connectivity index (χ0v) is 8.63. The van der Waals surface area contributed by atoms with Crippen LogP contribution in [-0.4, -0.2) is 50.1 Å². The minimum Gasteiger partial charge on any atom is -0.235 e. The average Bonchev–Trinajstić information content (AvgIpc) is 2.16. The summed E-state index contributed by atoms with van der Waals surface area (Å²) in [7, 11) is 0. The van der Waals surface area contributed by atoms with Crippen molar-refractivity contribution in [3.8, 4) is 0 Å². The number of nitro groups is 3. The smallest absolute Gasteiger partial charge is 0.235 e. The minimum atomic E-state index is -0.924. The summed E-state index contributed by atoms with van der Waals surface area (Å²) in [6.07, 6.45) is 0. The van der Waals surface area contributed by atoms with Gasteiger partial charge in [0.1, 0.15) is 0 Å². The van der Waals surface area contributed by atoms with E-state index >= 15 is 0 Å². The molecule has 16 heavy (non-hydrogen) atoms. The van der Waals surface area contributed by atoms with Crippen LogP contribution in [0.25, 0.3) is 0 Å². The van der Waals surface area contributed by atoms with Gasteiger partial charge in [-0.05, 0) is 0 Å². The number of hydrogen-bond donors (Lipinski definition) is 0. The van der Waals surface area contributed by atoms with Gasteiger partial charge in [-0.15, -0.1) is 0 Å². The Bertz CT molecular complexity index is 257. The largest absolute Gasteiger partial charge is 2.00 e. The summed E-state index contributed by atoms with van der Waals surface area (Å²) >= 11 is 0. The summed E-state index contributed by atoms with van der Waals surface area (Å²) in [5.41, 5.74) is 0. The van der Waals surface area contributed by atoms with Gasteiger partial charge < -0.3 is 0 Å². The van der Waals surface area contributed by atoms with Crippen LogP contribution in [0.3, 0.4) is 0 Å². The summed E-state index contributed by atoms with van der Waals surface area (Å²) < 4.78 is 0. The molecule has 1 rings (SSSR count). The maximum atomic E-state index is 10.3. The Morgan fingerprint density at radius 1 is 0.688 bits per heavy atom. The van der Waals surface area contributed by atoms with Crippen molar-refractivity contribution >= 4 is 0 Å². The normalized spacial score (nSPS) is 15.4. The molecule has 1 radical (unpaired) electrons. The molecule has 1 aliphatic heterocycles. The topological polar surface area (TPSA) is 139 Å². The summed E-state index contributed by atoms with van der Waals surface area (Å²) in [6.45, 7) is -1.78. The van der Waals surface area contributed by atoms with Gasteiger partial charge in [-0.2, -0.15) is 0 Å². The van der Waals surface area contributed by atoms with Crippen LogP contribution in [0.15, 0.2) is 0 Å². The Hall–Kier alpha value is -1.89. The third-order valence-corrected chi connectivity index (χ3v) is 1.67. The van der Waals surface area contributed by atoms with E-state index in [0.29, 0.717) is 15.0 Å². The molecule has 0 saturated carbocycles. The first-order valence-electron chi connectivity index (χ1n) is 3.59. The van der Waals surface area contributed by atoms with Crippen molar-refractivity contribution in [3.63, 3.8) is 0 Å². The standard InChI is InChI=1S/C3H6N6O6.Co/c10-7(11)4-1-5(8(12)13)3-6(2-4)9(14)15;/h1-3H2;/q;+2. The molecular formula is C3H6CoN6O6+2. The number of rotatable bonds is 3. The first-order chi connectivity index (χ1) is 6.91. The minimum absolute atomic E-state index is 0. The molecule has 0 spiro atoms. The van der Waals surface area contributed by atoms with E-state index in [4.69, 9.17) is 0 Å². The average molecular weight is 281 g/mol. The molecule has 0 aliphatic carbocycles. The zero-order chi connectivity index (χ0) is 11.6. The Kier molecular flexibility index (Phi) is 4.64. The predicted octanol–water partition coefficient (Wildman–Crippen LogP) is -1.65. The van der Waals surface area contributed by atoms with E-state index in [1.54, 1.807) is 0 Å². The van der Waals surface area contributed by atoms with E-state index in [9.17, 15) is 30.3 Å². The van der Waals surface area contributed by atoms with Crippen LogP contribution in [0.2, 0.25) is 0 Å². The van der Waals surface area contributed by atoms with Crippen LogP contribution in [0, 0.1) is 30.3 Å². The quantitative estimate of drug-likeness (QED) is 0.439. The molecule has 1 heterocycles. The molecule has 0 aromatic heterocycles. The Morgan fingerprint density at radius 2 is 0.875 bits per heavy atom. The summed E-state index contributed by atoms with van der Waals surface area (Å²) in [4.78, 5) is 31.0. The van der Waals surface area contributed by atoms with Crippen molar-refractivity contribution in [1.29, 1.82) is 0 Å². The molecule has 0 unspecified atom stereocenters. The van der Waals surface area contributed by atoms with Gasteiger partial charge >= 0.3 is 16.8 Å². The Morgan fingerprint density at radius 3 is 1.00 bits per heavy atom. The molecule has 0 atom stereocenters. The van der Waals surface area contributed by atoms with Crippen LogP contribution in [0.1, 0.15) is 0 Å². The summed E-state index contributed by atoms with van der Waals surface area (Å²) in [5, 5.41) is 29.3. The van der Waals surface area contributed by atoms with Crippen LogP contribution in [0.4, 0.5) is 0 Å². The maximum Gasteiger partial charge on any atom is 2.00 e. The molecule has 0 amide bonds. The van der Waals surface area contributed by atoms with E-state index in [0.717, 1.165) is 0 Å². The van der Waals surface area contributed by atoms with Gasteiger partial charge in [-0.3, -0.25) is 0 Å². The summed E-state index contributed by atoms with van der Waals surface area (Å²) in [6, 6.07) is 0. The van der Waals surface area contributed by atoms with E-state index in [1.165, 1.54) is 0 Å². The van der Waals surface area contributed by atoms with E-state index in [-0.39, 0.29) is 16.8 Å². The first-order valence-corrected chi connectivity index (χ1v) is 3.59. The van der Waals surface area contributed by atoms with E-state index in [2.05, 4.69) is 0 Å². The second-order valence-electron chi connectivity index (χ2n) is 2.66. The second kappa shape index (κ2) is 5.26. The molecular weight excluding hydrogens is 275 g/mol. The van der Waals surface area contributed by atoms with Crippen molar-refractivity contribution < 1.29 is 31.9 Å². The Labute approximate surface area is 97.9 Å². The van der Waals surface area contributed by atoms with Gasteiger partial charge in [0.15, 0.2) is 15.1 Å². The maximum absolute atomic E-state index is 10.3. The fourth-order valence-corrected chi connectivity index (χ4v) is 1.01. The number of nitrogens with zero attached hydrogens (tertiary/aromatic N) is 6. The van der Waals surface area contributed by atoms with Crippen LogP contribution in [-0.2, 0) is 16.8 Å². The zero-order valence-electron chi connectivity index (χ0n) is 7.59. The monoisotopic (exact) mass is 281 g/mol. The van der Waals surface area contributed by atoms with Crippen LogP contribution in [0.5, 0.6) is 0 Å². The van der Waals surface area contributed by atoms with Gasteiger partial charge in [0.2, 0.25) is 20.0 Å². The molecule has 1 aliphatic rings. The third-order valence-electron chi connectivity index (χ3n) is 1.67. The van der Waals surface area contributed by atoms with Crippen molar-refractivity contribution in [3.05, 3.63) is 30.3 Å². The van der Waals surface area contributed by atoms with Crippen LogP contribution >= 0.6 is 0 Å². The summed E-state index contributed by atoms with van der Waals surface area (Å²) in [5.74, 6) is 0. The van der Waals surface area contributed by atoms with Gasteiger partial charge in [0, 0.05) is 0 Å². The van der Waals surface area contributed by atoms with E-state index in [1.807, 2.05) is 0 Å². The van der Waals surface area contributed by atoms with Gasteiger partial charge in [-0.1, -0.05) is 15.0 Å². The third kappa shape index (κ3) is 3.06. The fraction of sp³-hybridized carbons (Fsp3) is 1.00. The molecule has 0 bridgehead atoms. The molecule has 0 aromatic carbocycles. The molecule has 12 nitrogen and oxygen atoms in total. The van der Waals surface area contributed by atoms with Gasteiger partial charge in [0.25, 0.3) is 0 Å². The van der Waals surface area contributed by atoms with Crippen molar-refractivity contribution in [2.24, 2.45) is 0 Å². The molecule has 0 aromatic rings. The van der Waals surface area contributed by atoms with E-state index < -0.39 is 35.1 Å². The molecule has 13 heteroatoms. The molecule has 91 valence electrons. The van der Waals surface area contributed by atoms with Crippen molar-refractivity contribution in [1.82, 2.24) is 15.0 Å². The second-order valence-corrected chi connectivity index (χ2v) is 2.66. The Balaban J connectivity index is 0.00000225. The molecule has 1 fully saturated rings. The fourth-order valence-electron chi connectivity index (χ4n) is 1.01. The van der Waals surface area contributed by atoms with Gasteiger partial charge in [-0.25, -0.2) is 30.3 Å². The SMILES string of the molecule is O=[N+]([O-])N1CN([N+](=O)[O-])CN([N+](=O)[O-])C1.[Co+2].